The van der Waals surface area contributed by atoms with Crippen LogP contribution in [0.15, 0.2) is 42.6 Å². The molecular formula is C13H11N2. The fraction of sp³-hybridized carbons (Fsp3) is 0.0769. The summed E-state index contributed by atoms with van der Waals surface area (Å²) < 4.78 is 2.03. The first-order valence-electron chi connectivity index (χ1n) is 4.97. The van der Waals surface area contributed by atoms with Gasteiger partial charge in [-0.15, -0.1) is 0 Å². The predicted molar refractivity (Wildman–Crippen MR) is 61.5 cm³/mol. The number of aryl methyl sites for hydroxylation is 1. The summed E-state index contributed by atoms with van der Waals surface area (Å²) in [5.74, 6) is 0. The molecule has 0 aliphatic carbocycles. The molecule has 1 aromatic carbocycles. The van der Waals surface area contributed by atoms with Crippen molar-refractivity contribution < 1.29 is 0 Å². The number of H-pyrrole nitrogens is 1. The Morgan fingerprint density at radius 1 is 1.13 bits per heavy atom. The zero-order valence-corrected chi connectivity index (χ0v) is 8.49. The topological polar surface area (TPSA) is 20.7 Å². The van der Waals surface area contributed by atoms with Crippen LogP contribution in [-0.4, -0.2) is 9.55 Å². The molecular weight excluding hydrogens is 184 g/mol. The van der Waals surface area contributed by atoms with E-state index in [0.29, 0.717) is 0 Å². The molecule has 0 aliphatic rings. The third-order valence-corrected chi connectivity index (χ3v) is 2.68. The van der Waals surface area contributed by atoms with Crippen molar-refractivity contribution in [1.29, 1.82) is 0 Å². The first kappa shape index (κ1) is 8.36. The Morgan fingerprint density at radius 3 is 2.80 bits per heavy atom. The van der Waals surface area contributed by atoms with Crippen molar-refractivity contribution in [3.05, 3.63) is 48.8 Å². The summed E-state index contributed by atoms with van der Waals surface area (Å²) in [4.78, 5) is 3.21. The Labute approximate surface area is 88.2 Å². The summed E-state index contributed by atoms with van der Waals surface area (Å²) in [5.41, 5.74) is 3.46. The van der Waals surface area contributed by atoms with Gasteiger partial charge >= 0.3 is 0 Å². The van der Waals surface area contributed by atoms with Crippen LogP contribution in [0.5, 0.6) is 0 Å². The molecule has 0 fully saturated rings. The van der Waals surface area contributed by atoms with Crippen LogP contribution < -0.4 is 0 Å². The molecule has 0 atom stereocenters. The van der Waals surface area contributed by atoms with Crippen LogP contribution in [0.25, 0.3) is 22.2 Å². The van der Waals surface area contributed by atoms with E-state index < -0.39 is 0 Å². The molecule has 0 amide bonds. The van der Waals surface area contributed by atoms with Crippen LogP contribution in [0.2, 0.25) is 0 Å². The minimum Gasteiger partial charge on any atom is -0.361 e. The van der Waals surface area contributed by atoms with Crippen LogP contribution >= 0.6 is 0 Å². The molecule has 0 bridgehead atoms. The summed E-state index contributed by atoms with van der Waals surface area (Å²) in [6.07, 6.45) is 5.28. The first-order valence-corrected chi connectivity index (χ1v) is 4.97. The Balaban J connectivity index is 2.37. The fourth-order valence-corrected chi connectivity index (χ4v) is 1.96. The first-order chi connectivity index (χ1) is 7.36. The molecule has 2 aromatic heterocycles. The van der Waals surface area contributed by atoms with Gasteiger partial charge in [-0.05, 0) is 18.2 Å². The van der Waals surface area contributed by atoms with E-state index in [1.165, 1.54) is 10.9 Å². The van der Waals surface area contributed by atoms with E-state index >= 15 is 0 Å². The van der Waals surface area contributed by atoms with Crippen molar-refractivity contribution in [2.75, 3.05) is 0 Å². The van der Waals surface area contributed by atoms with Gasteiger partial charge in [0.2, 0.25) is 0 Å². The number of para-hydroxylation sites is 1. The van der Waals surface area contributed by atoms with E-state index in [2.05, 4.69) is 41.5 Å². The van der Waals surface area contributed by atoms with Gasteiger partial charge in [-0.2, -0.15) is 0 Å². The van der Waals surface area contributed by atoms with Gasteiger partial charge in [0.15, 0.2) is 0 Å². The van der Waals surface area contributed by atoms with E-state index in [1.54, 1.807) is 0 Å². The predicted octanol–water partition coefficient (Wildman–Crippen LogP) is 2.97. The summed E-state index contributed by atoms with van der Waals surface area (Å²) in [7, 11) is 2.02. The Hall–Kier alpha value is -1.96. The highest BCUT2D eigenvalue weighted by Crippen LogP contribution is 2.27. The van der Waals surface area contributed by atoms with Crippen LogP contribution in [0.4, 0.5) is 0 Å². The molecule has 0 saturated carbocycles. The molecule has 2 heteroatoms. The second kappa shape index (κ2) is 3.02. The maximum absolute atomic E-state index is 3.34. The molecule has 3 rings (SSSR count). The monoisotopic (exact) mass is 195 g/mol. The number of rotatable bonds is 1. The van der Waals surface area contributed by atoms with Gasteiger partial charge < -0.3 is 9.55 Å². The van der Waals surface area contributed by atoms with Crippen molar-refractivity contribution in [1.82, 2.24) is 9.55 Å². The van der Waals surface area contributed by atoms with Crippen molar-refractivity contribution in [2.24, 2.45) is 7.05 Å². The van der Waals surface area contributed by atoms with Crippen LogP contribution in [0, 0.1) is 6.20 Å². The lowest BCUT2D eigenvalue weighted by Gasteiger charge is -1.94. The molecule has 1 N–H and O–H groups in total. The van der Waals surface area contributed by atoms with Crippen LogP contribution in [-0.2, 0) is 7.05 Å². The number of fused-ring (bicyclic) bond motifs is 1. The number of hydrogen-bond donors (Lipinski definition) is 1. The van der Waals surface area contributed by atoms with Crippen LogP contribution in [0.1, 0.15) is 0 Å². The minimum absolute atomic E-state index is 1.12. The molecule has 0 saturated heterocycles. The number of nitrogens with one attached hydrogen (secondary N) is 1. The average Bonchev–Trinajstić information content (AvgIpc) is 2.87. The molecule has 0 spiro atoms. The van der Waals surface area contributed by atoms with Crippen molar-refractivity contribution in [3.8, 4) is 11.3 Å². The zero-order valence-electron chi connectivity index (χ0n) is 8.49. The zero-order chi connectivity index (χ0) is 10.3. The van der Waals surface area contributed by atoms with Gasteiger partial charge in [0.1, 0.15) is 0 Å². The van der Waals surface area contributed by atoms with E-state index in [-0.39, 0.29) is 0 Å². The van der Waals surface area contributed by atoms with E-state index in [4.69, 9.17) is 0 Å². The summed E-state index contributed by atoms with van der Waals surface area (Å²) in [5, 5.41) is 1.24. The van der Waals surface area contributed by atoms with Gasteiger partial charge in [0.25, 0.3) is 0 Å². The summed E-state index contributed by atoms with van der Waals surface area (Å²) in [6, 6.07) is 12.4. The van der Waals surface area contributed by atoms with Crippen molar-refractivity contribution in [2.45, 2.75) is 0 Å². The fourth-order valence-electron chi connectivity index (χ4n) is 1.96. The Bertz CT molecular complexity index is 588. The number of aromatic nitrogens is 2. The standard InChI is InChI=1S/C13H11N2/c1-15-9-11(12-6-4-8-14-12)10-5-2-3-7-13(10)15/h2-8,14H,1H3. The molecule has 3 aromatic rings. The van der Waals surface area contributed by atoms with E-state index in [0.717, 1.165) is 11.3 Å². The Morgan fingerprint density at radius 2 is 2.00 bits per heavy atom. The number of nitrogens with zero attached hydrogens (tertiary/aromatic N) is 1. The number of hydrogen-bond acceptors (Lipinski definition) is 0. The molecule has 0 unspecified atom stereocenters. The summed E-state index contributed by atoms with van der Waals surface area (Å²) in [6.45, 7) is 0. The van der Waals surface area contributed by atoms with Gasteiger partial charge in [-0.3, -0.25) is 0 Å². The maximum atomic E-state index is 3.34. The van der Waals surface area contributed by atoms with Gasteiger partial charge in [-0.25, -0.2) is 0 Å². The molecule has 0 aliphatic heterocycles. The quantitative estimate of drug-likeness (QED) is 0.616. The average molecular weight is 195 g/mol. The summed E-state index contributed by atoms with van der Waals surface area (Å²) >= 11 is 0. The van der Waals surface area contributed by atoms with E-state index in [1.807, 2.05) is 23.9 Å². The normalized spacial score (nSPS) is 11.0. The molecule has 73 valence electrons. The largest absolute Gasteiger partial charge is 0.361 e. The highest BCUT2D eigenvalue weighted by Gasteiger charge is 2.08. The molecule has 1 radical (unpaired) electrons. The number of aromatic amines is 1. The SMILES string of the molecule is Cn1[c]c(-c2ccc[nH]2)c2ccccc21. The molecule has 2 nitrogen and oxygen atoms in total. The smallest absolute Gasteiger partial charge is 0.0758 e. The second-order valence-corrected chi connectivity index (χ2v) is 3.65. The number of benzene rings is 1. The third-order valence-electron chi connectivity index (χ3n) is 2.68. The van der Waals surface area contributed by atoms with E-state index in [9.17, 15) is 0 Å². The minimum atomic E-state index is 1.12. The third kappa shape index (κ3) is 1.18. The van der Waals surface area contributed by atoms with Gasteiger partial charge in [-0.1, -0.05) is 18.2 Å². The van der Waals surface area contributed by atoms with Gasteiger partial charge in [0.05, 0.1) is 6.20 Å². The van der Waals surface area contributed by atoms with Gasteiger partial charge in [0, 0.05) is 35.4 Å². The van der Waals surface area contributed by atoms with Crippen molar-refractivity contribution in [3.63, 3.8) is 0 Å². The molecule has 2 heterocycles. The lowest BCUT2D eigenvalue weighted by molar-refractivity contribution is 0.960. The van der Waals surface area contributed by atoms with Crippen molar-refractivity contribution >= 4 is 10.9 Å². The highest BCUT2D eigenvalue weighted by molar-refractivity contribution is 5.94. The lowest BCUT2D eigenvalue weighted by atomic mass is 10.1. The second-order valence-electron chi connectivity index (χ2n) is 3.65. The van der Waals surface area contributed by atoms with Crippen LogP contribution in [0.3, 0.4) is 0 Å². The lowest BCUT2D eigenvalue weighted by Crippen LogP contribution is -1.82. The Kier molecular flexibility index (Phi) is 1.68. The molecule has 15 heavy (non-hydrogen) atoms. The highest BCUT2D eigenvalue weighted by atomic mass is 14.9. The maximum Gasteiger partial charge on any atom is 0.0758 e.